The highest BCUT2D eigenvalue weighted by molar-refractivity contribution is 6.74. The Bertz CT molecular complexity index is 994. The Hall–Kier alpha value is -1.14. The number of allylic oxidation sites excluding steroid dienone is 1. The molecular weight excluding hydrogens is 502 g/mol. The first-order valence-corrected chi connectivity index (χ1v) is 19.0. The number of carbonyl (C=O) groups is 2. The molecule has 6 heteroatoms. The molecule has 1 aliphatic heterocycles. The van der Waals surface area contributed by atoms with Gasteiger partial charge < -0.3 is 14.1 Å². The lowest BCUT2D eigenvalue weighted by atomic mass is 9.47. The second kappa shape index (κ2) is 10.3. The van der Waals surface area contributed by atoms with Crippen LogP contribution in [0.15, 0.2) is 11.6 Å². The zero-order valence-electron chi connectivity index (χ0n) is 26.1. The highest BCUT2D eigenvalue weighted by Gasteiger charge is 2.60. The van der Waals surface area contributed by atoms with Gasteiger partial charge in [-0.25, -0.2) is 4.79 Å². The summed E-state index contributed by atoms with van der Waals surface area (Å²) in [5, 5.41) is 0.250. The van der Waals surface area contributed by atoms with E-state index in [1.807, 2.05) is 6.92 Å². The van der Waals surface area contributed by atoms with E-state index in [9.17, 15) is 9.59 Å². The van der Waals surface area contributed by atoms with Gasteiger partial charge in [0.05, 0.1) is 0 Å². The maximum atomic E-state index is 12.7. The molecule has 0 aromatic rings. The molecule has 0 radical (unpaired) electrons. The summed E-state index contributed by atoms with van der Waals surface area (Å²) < 4.78 is 12.8. The van der Waals surface area contributed by atoms with Crippen LogP contribution in [0.5, 0.6) is 0 Å². The molecule has 4 aliphatic carbocycles. The van der Waals surface area contributed by atoms with Crippen LogP contribution in [-0.2, 0) is 18.8 Å². The van der Waals surface area contributed by atoms with E-state index in [2.05, 4.69) is 53.8 Å². The lowest BCUT2D eigenvalue weighted by Crippen LogP contribution is -2.52. The van der Waals surface area contributed by atoms with Crippen molar-refractivity contribution in [1.29, 1.82) is 0 Å². The van der Waals surface area contributed by atoms with Crippen LogP contribution >= 0.6 is 0 Å². The number of rotatable bonds is 4. The molecule has 39 heavy (non-hydrogen) atoms. The van der Waals surface area contributed by atoms with Crippen molar-refractivity contribution >= 4 is 20.2 Å². The first-order chi connectivity index (χ1) is 18.2. The maximum absolute atomic E-state index is 12.7. The van der Waals surface area contributed by atoms with Crippen LogP contribution in [0.25, 0.3) is 0 Å². The van der Waals surface area contributed by atoms with Crippen LogP contribution in [0.2, 0.25) is 18.1 Å². The van der Waals surface area contributed by atoms with Gasteiger partial charge in [0.2, 0.25) is 0 Å². The maximum Gasteiger partial charge on any atom is 0.397 e. The van der Waals surface area contributed by atoms with E-state index in [1.54, 1.807) is 10.5 Å². The minimum Gasteiger partial charge on any atom is -0.455 e. The molecule has 0 unspecified atom stereocenters. The number of carbonyl (C=O) groups excluding carboxylic acids is 2. The topological polar surface area (TPSA) is 55.8 Å². The molecule has 0 aromatic carbocycles. The molecule has 0 aromatic heterocycles. The van der Waals surface area contributed by atoms with Crippen molar-refractivity contribution in [3.63, 3.8) is 0 Å². The van der Waals surface area contributed by atoms with E-state index in [1.165, 1.54) is 38.5 Å². The van der Waals surface area contributed by atoms with Gasteiger partial charge >= 0.3 is 11.9 Å². The summed E-state index contributed by atoms with van der Waals surface area (Å²) in [4.78, 5) is 27.0. The van der Waals surface area contributed by atoms with Crippen LogP contribution in [0.3, 0.4) is 0 Å². The highest BCUT2D eigenvalue weighted by Crippen LogP contribution is 2.67. The van der Waals surface area contributed by atoms with Crippen molar-refractivity contribution < 1.29 is 18.8 Å². The first-order valence-electron chi connectivity index (χ1n) is 16.0. The molecule has 5 nitrogen and oxygen atoms in total. The fourth-order valence-corrected chi connectivity index (χ4v) is 10.9. The molecule has 3 saturated carbocycles. The molecule has 8 atom stereocenters. The number of ether oxygens (including phenoxy) is 1. The zero-order valence-corrected chi connectivity index (χ0v) is 27.1. The number of esters is 1. The molecule has 1 saturated heterocycles. The number of likely N-dealkylation sites (tertiary alicyclic amines) is 1. The number of amides is 1. The summed E-state index contributed by atoms with van der Waals surface area (Å²) in [6.07, 6.45) is 14.3. The lowest BCUT2D eigenvalue weighted by molar-refractivity contribution is -0.167. The quantitative estimate of drug-likeness (QED) is 0.155. The third-order valence-electron chi connectivity index (χ3n) is 12.8. The number of hydrogen-bond donors (Lipinski definition) is 0. The third kappa shape index (κ3) is 5.08. The smallest absolute Gasteiger partial charge is 0.397 e. The fourth-order valence-electron chi connectivity index (χ4n) is 9.48. The van der Waals surface area contributed by atoms with Crippen molar-refractivity contribution in [3.8, 4) is 0 Å². The van der Waals surface area contributed by atoms with Crippen molar-refractivity contribution in [3.05, 3.63) is 11.6 Å². The van der Waals surface area contributed by atoms with Gasteiger partial charge in [0.1, 0.15) is 6.10 Å². The molecule has 5 aliphatic rings. The molecule has 0 spiro atoms. The molecule has 1 amide bonds. The Morgan fingerprint density at radius 1 is 1.03 bits per heavy atom. The second-order valence-corrected chi connectivity index (χ2v) is 20.6. The minimum absolute atomic E-state index is 0.182. The van der Waals surface area contributed by atoms with Crippen molar-refractivity contribution in [1.82, 2.24) is 4.90 Å². The molecule has 0 N–H and O–H groups in total. The summed E-state index contributed by atoms with van der Waals surface area (Å²) in [6, 6.07) is 0. The summed E-state index contributed by atoms with van der Waals surface area (Å²) in [6.45, 7) is 20.3. The van der Waals surface area contributed by atoms with E-state index in [0.29, 0.717) is 36.4 Å². The molecule has 0 bridgehead atoms. The normalized spacial score (nSPS) is 39.3. The highest BCUT2D eigenvalue weighted by atomic mass is 28.4. The van der Waals surface area contributed by atoms with E-state index in [4.69, 9.17) is 9.16 Å². The van der Waals surface area contributed by atoms with Gasteiger partial charge in [-0.1, -0.05) is 46.3 Å². The van der Waals surface area contributed by atoms with Gasteiger partial charge in [0.15, 0.2) is 8.32 Å². The largest absolute Gasteiger partial charge is 0.455 e. The van der Waals surface area contributed by atoms with Gasteiger partial charge in [0.25, 0.3) is 0 Å². The molecular formula is C33H55NO4Si. The average Bonchev–Trinajstić information content (AvgIpc) is 3.50. The Labute approximate surface area is 239 Å². The monoisotopic (exact) mass is 557 g/mol. The van der Waals surface area contributed by atoms with Crippen molar-refractivity contribution in [2.24, 2.45) is 34.5 Å². The van der Waals surface area contributed by atoms with Gasteiger partial charge in [-0.15, -0.1) is 0 Å². The van der Waals surface area contributed by atoms with E-state index < -0.39 is 20.2 Å². The van der Waals surface area contributed by atoms with Crippen LogP contribution < -0.4 is 0 Å². The number of hydrogen-bond acceptors (Lipinski definition) is 4. The number of fused-ring (bicyclic) bond motifs is 5. The van der Waals surface area contributed by atoms with Crippen LogP contribution in [-0.4, -0.2) is 50.4 Å². The van der Waals surface area contributed by atoms with Gasteiger partial charge in [-0.2, -0.15) is 0 Å². The molecule has 4 fully saturated rings. The van der Waals surface area contributed by atoms with E-state index in [-0.39, 0.29) is 16.6 Å². The van der Waals surface area contributed by atoms with Crippen LogP contribution in [0, 0.1) is 34.5 Å². The summed E-state index contributed by atoms with van der Waals surface area (Å²) in [7, 11) is -1.77. The first kappa shape index (κ1) is 29.4. The standard InChI is InChI=1S/C33H55NO4Si/c1-22(37-30(36)29(35)34-19-9-10-20-34)26-13-14-27-25-12-11-23-21-24(38-39(7,8)31(2,3)4)15-17-32(23,5)28(25)16-18-33(26,27)6/h11,22,24-28H,9-10,12-21H2,1-8H3/t22-,24-,25-,26+,27-,28-,32-,33+/m0/s1. The summed E-state index contributed by atoms with van der Waals surface area (Å²) >= 11 is 0. The summed E-state index contributed by atoms with van der Waals surface area (Å²) in [5.74, 6) is 1.40. The van der Waals surface area contributed by atoms with Crippen molar-refractivity contribution in [2.75, 3.05) is 13.1 Å². The Morgan fingerprint density at radius 3 is 2.38 bits per heavy atom. The number of nitrogens with zero attached hydrogens (tertiary/aromatic N) is 1. The van der Waals surface area contributed by atoms with Crippen LogP contribution in [0.1, 0.15) is 106 Å². The Kier molecular flexibility index (Phi) is 7.75. The second-order valence-electron chi connectivity index (χ2n) is 15.8. The van der Waals surface area contributed by atoms with Crippen LogP contribution in [0.4, 0.5) is 0 Å². The SMILES string of the molecule is C[C@H](OC(=O)C(=O)N1CCCC1)[C@H]1CC[C@H]2[C@@H]3CC=C4C[C@@H](O[Si](C)(C)C(C)(C)C)CC[C@]4(C)[C@H]3CC[C@]12C. The van der Waals surface area contributed by atoms with Gasteiger partial charge in [0, 0.05) is 25.1 Å². The average molecular weight is 558 g/mol. The third-order valence-corrected chi connectivity index (χ3v) is 17.4. The predicted octanol–water partition coefficient (Wildman–Crippen LogP) is 7.51. The Morgan fingerprint density at radius 2 is 1.72 bits per heavy atom. The minimum atomic E-state index is -1.77. The van der Waals surface area contributed by atoms with Gasteiger partial charge in [-0.3, -0.25) is 4.79 Å². The molecule has 5 rings (SSSR count). The van der Waals surface area contributed by atoms with E-state index in [0.717, 1.165) is 37.5 Å². The Balaban J connectivity index is 1.26. The molecule has 1 heterocycles. The predicted molar refractivity (Wildman–Crippen MR) is 159 cm³/mol. The van der Waals surface area contributed by atoms with Gasteiger partial charge in [-0.05, 0) is 118 Å². The fraction of sp³-hybridized carbons (Fsp3) is 0.879. The lowest BCUT2D eigenvalue weighted by Gasteiger charge is -2.58. The zero-order chi connectivity index (χ0) is 28.4. The van der Waals surface area contributed by atoms with E-state index >= 15 is 0 Å². The summed E-state index contributed by atoms with van der Waals surface area (Å²) in [5.41, 5.74) is 2.16. The van der Waals surface area contributed by atoms with Crippen molar-refractivity contribution in [2.45, 2.75) is 136 Å². The molecule has 220 valence electrons.